The van der Waals surface area contributed by atoms with Crippen LogP contribution in [0.3, 0.4) is 0 Å². The van der Waals surface area contributed by atoms with Crippen LogP contribution in [0.4, 0.5) is 0 Å². The minimum atomic E-state index is -1.94. The van der Waals surface area contributed by atoms with Crippen LogP contribution in [0.15, 0.2) is 0 Å². The summed E-state index contributed by atoms with van der Waals surface area (Å²) < 4.78 is 5.15. The first kappa shape index (κ1) is 35.3. The van der Waals surface area contributed by atoms with Gasteiger partial charge in [0.2, 0.25) is 29.5 Å². The molecule has 0 bridgehead atoms. The number of carbonyl (C=O) groups is 7. The van der Waals surface area contributed by atoms with Crippen LogP contribution in [0.5, 0.6) is 0 Å². The Morgan fingerprint density at radius 2 is 1.54 bits per heavy atom. The summed E-state index contributed by atoms with van der Waals surface area (Å²) >= 11 is 0. The van der Waals surface area contributed by atoms with Gasteiger partial charge in [0.25, 0.3) is 0 Å². The molecule has 0 aromatic carbocycles. The SMILES string of the molecule is CC(=O)N[C@@H](C=O)[C@@H](OCC(=O)NC(CO)C(=O)NC(CCC(=O)NC(C)C(=O)O)C(N)=O)[C@H](O)[C@H](O)CO. The predicted molar refractivity (Wildman–Crippen MR) is 127 cm³/mol. The van der Waals surface area contributed by atoms with E-state index >= 15 is 0 Å². The normalized spacial score (nSPS) is 16.3. The Bertz CT molecular complexity index is 886. The van der Waals surface area contributed by atoms with E-state index in [1.165, 1.54) is 6.92 Å². The molecule has 0 aliphatic carbocycles. The number of aliphatic carboxylic acids is 1. The fourth-order valence-corrected chi connectivity index (χ4v) is 2.98. The van der Waals surface area contributed by atoms with Crippen LogP contribution in [0.25, 0.3) is 0 Å². The second-order valence-electron chi connectivity index (χ2n) is 8.31. The molecule has 0 rings (SSSR count). The maximum absolute atomic E-state index is 12.5. The largest absolute Gasteiger partial charge is 0.480 e. The van der Waals surface area contributed by atoms with E-state index in [0.29, 0.717) is 0 Å². The highest BCUT2D eigenvalue weighted by atomic mass is 16.5. The van der Waals surface area contributed by atoms with Gasteiger partial charge in [-0.2, -0.15) is 0 Å². The molecule has 0 aromatic rings. The van der Waals surface area contributed by atoms with E-state index in [1.807, 2.05) is 0 Å². The second-order valence-corrected chi connectivity index (χ2v) is 8.31. The zero-order valence-electron chi connectivity index (χ0n) is 21.2. The Hall–Kier alpha value is -3.71. The molecule has 18 nitrogen and oxygen atoms in total. The average Bonchev–Trinajstić information content (AvgIpc) is 2.87. The van der Waals surface area contributed by atoms with Crippen LogP contribution in [-0.2, 0) is 38.3 Å². The van der Waals surface area contributed by atoms with Gasteiger partial charge in [0.05, 0.1) is 13.2 Å². The van der Waals surface area contributed by atoms with Crippen molar-refractivity contribution >= 4 is 41.8 Å². The first-order valence-electron chi connectivity index (χ1n) is 11.5. The van der Waals surface area contributed by atoms with Gasteiger partial charge in [-0.25, -0.2) is 0 Å². The number of primary amides is 1. The Labute approximate surface area is 222 Å². The summed E-state index contributed by atoms with van der Waals surface area (Å²) in [7, 11) is 0. The fraction of sp³-hybridized carbons (Fsp3) is 0.667. The number of carboxylic acids is 1. The molecule has 3 unspecified atom stereocenters. The average molecular weight is 566 g/mol. The highest BCUT2D eigenvalue weighted by Crippen LogP contribution is 2.09. The summed E-state index contributed by atoms with van der Waals surface area (Å²) in [5.74, 6) is -5.99. The van der Waals surface area contributed by atoms with Crippen LogP contribution >= 0.6 is 0 Å². The van der Waals surface area contributed by atoms with Crippen molar-refractivity contribution in [2.45, 2.75) is 69.2 Å². The molecule has 39 heavy (non-hydrogen) atoms. The van der Waals surface area contributed by atoms with Gasteiger partial charge in [-0.05, 0) is 13.3 Å². The van der Waals surface area contributed by atoms with Crippen molar-refractivity contribution in [1.82, 2.24) is 21.3 Å². The number of nitrogens with one attached hydrogen (secondary N) is 4. The lowest BCUT2D eigenvalue weighted by molar-refractivity contribution is -0.147. The van der Waals surface area contributed by atoms with Crippen LogP contribution in [0, 0.1) is 0 Å². The van der Waals surface area contributed by atoms with E-state index in [1.54, 1.807) is 0 Å². The Morgan fingerprint density at radius 1 is 0.923 bits per heavy atom. The van der Waals surface area contributed by atoms with Crippen LogP contribution in [0.1, 0.15) is 26.7 Å². The molecule has 0 heterocycles. The molecule has 0 saturated carbocycles. The number of ether oxygens (including phenoxy) is 1. The lowest BCUT2D eigenvalue weighted by atomic mass is 10.0. The van der Waals surface area contributed by atoms with E-state index in [4.69, 9.17) is 20.7 Å². The molecule has 0 saturated heterocycles. The molecule has 7 atom stereocenters. The molecule has 0 radical (unpaired) electrons. The van der Waals surface area contributed by atoms with E-state index in [-0.39, 0.29) is 12.7 Å². The minimum absolute atomic E-state index is 0.161. The van der Waals surface area contributed by atoms with Crippen molar-refractivity contribution in [3.05, 3.63) is 0 Å². The third-order valence-electron chi connectivity index (χ3n) is 5.10. The quantitative estimate of drug-likeness (QED) is 0.0652. The minimum Gasteiger partial charge on any atom is -0.480 e. The summed E-state index contributed by atoms with van der Waals surface area (Å²) in [4.78, 5) is 81.8. The third kappa shape index (κ3) is 13.1. The van der Waals surface area contributed by atoms with Gasteiger partial charge >= 0.3 is 5.97 Å². The van der Waals surface area contributed by atoms with Gasteiger partial charge in [-0.15, -0.1) is 0 Å². The Kier molecular flexibility index (Phi) is 16.0. The highest BCUT2D eigenvalue weighted by molar-refractivity contribution is 5.92. The molecular formula is C21H35N5O13. The monoisotopic (exact) mass is 565 g/mol. The standard InChI is InChI=1S/C21H35N5O13/c1-9(21(37)38)23-15(32)4-3-11(19(22)35)26-20(36)13(6-28)25-16(33)8-39-18(17(34)14(31)7-29)12(5-27)24-10(2)30/h5,9,11-14,17-18,28-29,31,34H,3-4,6-8H2,1-2H3,(H2,22,35)(H,23,32)(H,24,30)(H,25,33)(H,26,36)(H,37,38)/t9?,11?,12-,13?,14+,17+,18+/m0/s1. The van der Waals surface area contributed by atoms with Gasteiger partial charge < -0.3 is 62.1 Å². The molecule has 18 heteroatoms. The van der Waals surface area contributed by atoms with Crippen molar-refractivity contribution in [2.24, 2.45) is 5.73 Å². The lowest BCUT2D eigenvalue weighted by Gasteiger charge is -2.30. The number of rotatable bonds is 19. The van der Waals surface area contributed by atoms with Gasteiger partial charge in [0.1, 0.15) is 55.4 Å². The van der Waals surface area contributed by atoms with Gasteiger partial charge in [0.15, 0.2) is 0 Å². The number of carbonyl (C=O) groups excluding carboxylic acids is 6. The molecular weight excluding hydrogens is 530 g/mol. The summed E-state index contributed by atoms with van der Waals surface area (Å²) in [6, 6.07) is -5.85. The van der Waals surface area contributed by atoms with E-state index in [2.05, 4.69) is 21.3 Å². The molecule has 0 aliphatic rings. The number of nitrogens with two attached hydrogens (primary N) is 1. The predicted octanol–water partition coefficient (Wildman–Crippen LogP) is -6.39. The molecule has 0 aliphatic heterocycles. The van der Waals surface area contributed by atoms with Crippen molar-refractivity contribution in [2.75, 3.05) is 19.8 Å². The maximum Gasteiger partial charge on any atom is 0.325 e. The molecule has 11 N–H and O–H groups in total. The molecule has 222 valence electrons. The number of carboxylic acid groups (broad SMARTS) is 1. The number of aldehydes is 1. The topological polar surface area (TPSA) is 304 Å². The number of amides is 5. The smallest absolute Gasteiger partial charge is 0.325 e. The molecule has 0 spiro atoms. The first-order valence-corrected chi connectivity index (χ1v) is 11.5. The van der Waals surface area contributed by atoms with Crippen molar-refractivity contribution in [3.8, 4) is 0 Å². The third-order valence-corrected chi connectivity index (χ3v) is 5.10. The van der Waals surface area contributed by atoms with Crippen molar-refractivity contribution < 1.29 is 63.8 Å². The van der Waals surface area contributed by atoms with Crippen molar-refractivity contribution in [1.29, 1.82) is 0 Å². The maximum atomic E-state index is 12.5. The van der Waals surface area contributed by atoms with E-state index in [9.17, 15) is 48.9 Å². The Balaban J connectivity index is 5.22. The number of hydrogen-bond acceptors (Lipinski definition) is 12. The van der Waals surface area contributed by atoms with E-state index < -0.39 is 104 Å². The van der Waals surface area contributed by atoms with Crippen LogP contribution in [0.2, 0.25) is 0 Å². The summed E-state index contributed by atoms with van der Waals surface area (Å²) in [5.41, 5.74) is 5.21. The summed E-state index contributed by atoms with van der Waals surface area (Å²) in [6.07, 6.45) is -6.04. The first-order chi connectivity index (χ1) is 18.2. The highest BCUT2D eigenvalue weighted by Gasteiger charge is 2.35. The zero-order valence-corrected chi connectivity index (χ0v) is 21.2. The van der Waals surface area contributed by atoms with Gasteiger partial charge in [0, 0.05) is 13.3 Å². The number of hydrogen-bond donors (Lipinski definition) is 10. The lowest BCUT2D eigenvalue weighted by Crippen LogP contribution is -2.56. The van der Waals surface area contributed by atoms with Crippen LogP contribution < -0.4 is 27.0 Å². The number of aliphatic hydroxyl groups excluding tert-OH is 4. The molecule has 0 aromatic heterocycles. The molecule has 0 fully saturated rings. The summed E-state index contributed by atoms with van der Waals surface area (Å²) in [6.45, 7) is -0.635. The van der Waals surface area contributed by atoms with Crippen LogP contribution in [-0.4, -0.2) is 130 Å². The summed E-state index contributed by atoms with van der Waals surface area (Å²) in [5, 5.41) is 55.7. The number of aliphatic hydroxyl groups is 4. The van der Waals surface area contributed by atoms with Gasteiger partial charge in [-0.1, -0.05) is 0 Å². The fourth-order valence-electron chi connectivity index (χ4n) is 2.98. The zero-order chi connectivity index (χ0) is 30.3. The molecule has 5 amide bonds. The van der Waals surface area contributed by atoms with Crippen molar-refractivity contribution in [3.63, 3.8) is 0 Å². The van der Waals surface area contributed by atoms with E-state index in [0.717, 1.165) is 6.92 Å². The Morgan fingerprint density at radius 3 is 2.00 bits per heavy atom. The second kappa shape index (κ2) is 17.7. The van der Waals surface area contributed by atoms with Gasteiger partial charge in [-0.3, -0.25) is 28.8 Å².